The number of carbonyl (C=O) groups is 2. The fourth-order valence-electron chi connectivity index (χ4n) is 4.45. The Morgan fingerprint density at radius 2 is 1.47 bits per heavy atom. The Hall–Kier alpha value is -3.86. The van der Waals surface area contributed by atoms with Crippen LogP contribution in [-0.2, 0) is 16.1 Å². The average Bonchev–Trinajstić information content (AvgIpc) is 3.22. The Morgan fingerprint density at radius 1 is 0.844 bits per heavy atom. The first kappa shape index (κ1) is 20.1. The molecule has 0 N–H and O–H groups in total. The minimum atomic E-state index is -0.584. The molecular formula is C27H24N2O3. The molecule has 3 atom stereocenters. The molecule has 0 aromatic heterocycles. The Balaban J connectivity index is 1.46. The quantitative estimate of drug-likeness (QED) is 0.540. The third-order valence-corrected chi connectivity index (χ3v) is 6.10. The number of benzene rings is 3. The van der Waals surface area contributed by atoms with Crippen LogP contribution >= 0.6 is 0 Å². The van der Waals surface area contributed by atoms with Crippen molar-refractivity contribution in [1.82, 2.24) is 9.80 Å². The van der Waals surface area contributed by atoms with Crippen molar-refractivity contribution in [2.45, 2.75) is 24.7 Å². The van der Waals surface area contributed by atoms with Crippen LogP contribution in [0.5, 0.6) is 0 Å². The maximum atomic E-state index is 13.3. The van der Waals surface area contributed by atoms with Crippen LogP contribution in [0.3, 0.4) is 0 Å². The zero-order valence-electron chi connectivity index (χ0n) is 17.6. The number of cyclic esters (lactones) is 1. The maximum absolute atomic E-state index is 13.3. The van der Waals surface area contributed by atoms with E-state index in [0.717, 1.165) is 16.7 Å². The lowest BCUT2D eigenvalue weighted by Gasteiger charge is -2.49. The molecule has 0 bridgehead atoms. The molecule has 3 aromatic carbocycles. The summed E-state index contributed by atoms with van der Waals surface area (Å²) in [5, 5.41) is 0. The molecule has 2 fully saturated rings. The predicted molar refractivity (Wildman–Crippen MR) is 122 cm³/mol. The molecule has 2 saturated heterocycles. The standard InChI is InChI=1S/C27H24N2O3/c30-26-25(29-24(19-32-27(29)31)22-14-8-3-9-15-22)23(17-16-20-10-4-1-5-11-20)28(26)18-21-12-6-2-7-13-21/h1-17,23-25H,18-19H2. The number of hydrogen-bond acceptors (Lipinski definition) is 3. The maximum Gasteiger partial charge on any atom is 0.411 e. The summed E-state index contributed by atoms with van der Waals surface area (Å²) in [7, 11) is 0. The number of carbonyl (C=O) groups excluding carboxylic acids is 2. The molecule has 160 valence electrons. The Labute approximate surface area is 187 Å². The number of ether oxygens (including phenoxy) is 1. The molecule has 2 aliphatic heterocycles. The fraction of sp³-hybridized carbons (Fsp3) is 0.185. The van der Waals surface area contributed by atoms with Crippen molar-refractivity contribution in [3.63, 3.8) is 0 Å². The monoisotopic (exact) mass is 424 g/mol. The summed E-state index contributed by atoms with van der Waals surface area (Å²) in [6.07, 6.45) is 3.61. The van der Waals surface area contributed by atoms with E-state index in [9.17, 15) is 9.59 Å². The van der Waals surface area contributed by atoms with Crippen molar-refractivity contribution >= 4 is 18.1 Å². The third kappa shape index (κ3) is 3.78. The summed E-state index contributed by atoms with van der Waals surface area (Å²) >= 11 is 0. The van der Waals surface area contributed by atoms with Crippen molar-refractivity contribution in [1.29, 1.82) is 0 Å². The van der Waals surface area contributed by atoms with Gasteiger partial charge in [-0.25, -0.2) is 4.79 Å². The summed E-state index contributed by atoms with van der Waals surface area (Å²) in [6.45, 7) is 0.749. The molecule has 5 heteroatoms. The van der Waals surface area contributed by atoms with Gasteiger partial charge >= 0.3 is 6.09 Å². The summed E-state index contributed by atoms with van der Waals surface area (Å²) in [5.74, 6) is -0.0589. The van der Waals surface area contributed by atoms with Crippen molar-refractivity contribution < 1.29 is 14.3 Å². The van der Waals surface area contributed by atoms with Crippen molar-refractivity contribution in [3.8, 4) is 0 Å². The summed E-state index contributed by atoms with van der Waals surface area (Å²) < 4.78 is 5.39. The molecule has 2 heterocycles. The normalized spacial score (nSPS) is 22.8. The van der Waals surface area contributed by atoms with Crippen LogP contribution in [0.15, 0.2) is 97.1 Å². The van der Waals surface area contributed by atoms with Crippen molar-refractivity contribution in [3.05, 3.63) is 114 Å². The van der Waals surface area contributed by atoms with Crippen molar-refractivity contribution in [2.75, 3.05) is 6.61 Å². The lowest BCUT2D eigenvalue weighted by molar-refractivity contribution is -0.155. The molecule has 0 radical (unpaired) electrons. The van der Waals surface area contributed by atoms with E-state index >= 15 is 0 Å². The molecule has 0 spiro atoms. The van der Waals surface area contributed by atoms with Crippen LogP contribution in [-0.4, -0.2) is 40.5 Å². The van der Waals surface area contributed by atoms with Gasteiger partial charge in [-0.3, -0.25) is 9.69 Å². The minimum Gasteiger partial charge on any atom is -0.447 e. The van der Waals surface area contributed by atoms with E-state index < -0.39 is 12.1 Å². The molecule has 0 aliphatic carbocycles. The molecule has 3 aromatic rings. The molecule has 2 aliphatic rings. The fourth-order valence-corrected chi connectivity index (χ4v) is 4.45. The number of rotatable bonds is 6. The van der Waals surface area contributed by atoms with Gasteiger partial charge in [-0.15, -0.1) is 0 Å². The van der Waals surface area contributed by atoms with Gasteiger partial charge in [0.1, 0.15) is 12.6 Å². The zero-order chi connectivity index (χ0) is 21.9. The molecule has 32 heavy (non-hydrogen) atoms. The van der Waals surface area contributed by atoms with Crippen LogP contribution < -0.4 is 0 Å². The first-order valence-corrected chi connectivity index (χ1v) is 10.8. The first-order valence-electron chi connectivity index (χ1n) is 10.8. The summed E-state index contributed by atoms with van der Waals surface area (Å²) in [6, 6.07) is 28.5. The van der Waals surface area contributed by atoms with E-state index in [1.807, 2.05) is 108 Å². The predicted octanol–water partition coefficient (Wildman–Crippen LogP) is 4.67. The summed E-state index contributed by atoms with van der Waals surface area (Å²) in [4.78, 5) is 29.5. The zero-order valence-corrected chi connectivity index (χ0v) is 17.6. The van der Waals surface area contributed by atoms with E-state index in [1.54, 1.807) is 4.90 Å². The summed E-state index contributed by atoms with van der Waals surface area (Å²) in [5.41, 5.74) is 3.08. The average molecular weight is 425 g/mol. The van der Waals surface area contributed by atoms with Crippen molar-refractivity contribution in [2.24, 2.45) is 0 Å². The SMILES string of the molecule is O=C1C(N2C(=O)OCC2c2ccccc2)C(C=Cc2ccccc2)N1Cc1ccccc1. The number of hydrogen-bond donors (Lipinski definition) is 0. The van der Waals surface area contributed by atoms with E-state index in [-0.39, 0.29) is 24.6 Å². The Kier molecular flexibility index (Phi) is 5.46. The lowest BCUT2D eigenvalue weighted by Crippen LogP contribution is -2.69. The van der Waals surface area contributed by atoms with Gasteiger partial charge in [0.2, 0.25) is 5.91 Å². The van der Waals surface area contributed by atoms with Gasteiger partial charge in [0.25, 0.3) is 0 Å². The highest BCUT2D eigenvalue weighted by Gasteiger charge is 2.55. The van der Waals surface area contributed by atoms with Gasteiger partial charge in [-0.2, -0.15) is 0 Å². The van der Waals surface area contributed by atoms with E-state index in [0.29, 0.717) is 6.54 Å². The largest absolute Gasteiger partial charge is 0.447 e. The highest BCUT2D eigenvalue weighted by atomic mass is 16.6. The first-order chi connectivity index (χ1) is 15.7. The Bertz CT molecular complexity index is 1120. The van der Waals surface area contributed by atoms with Crippen LogP contribution in [0.2, 0.25) is 0 Å². The van der Waals surface area contributed by atoms with Gasteiger partial charge in [-0.1, -0.05) is 103 Å². The molecular weight excluding hydrogens is 400 g/mol. The number of nitrogens with zero attached hydrogens (tertiary/aromatic N) is 2. The molecule has 0 saturated carbocycles. The number of amides is 2. The topological polar surface area (TPSA) is 49.9 Å². The van der Waals surface area contributed by atoms with Gasteiger partial charge < -0.3 is 9.64 Å². The van der Waals surface area contributed by atoms with E-state index in [4.69, 9.17) is 4.74 Å². The molecule has 5 rings (SSSR count). The van der Waals surface area contributed by atoms with Gasteiger partial charge in [0, 0.05) is 6.54 Å². The second kappa shape index (κ2) is 8.71. The minimum absolute atomic E-state index is 0.0589. The molecule has 3 unspecified atom stereocenters. The number of β-lactam (4-membered cyclic amide) rings is 1. The van der Waals surface area contributed by atoms with Crippen LogP contribution in [0.25, 0.3) is 6.08 Å². The third-order valence-electron chi connectivity index (χ3n) is 6.10. The van der Waals surface area contributed by atoms with E-state index in [2.05, 4.69) is 0 Å². The highest BCUT2D eigenvalue weighted by Crippen LogP contribution is 2.37. The van der Waals surface area contributed by atoms with Gasteiger partial charge in [-0.05, 0) is 16.7 Å². The highest BCUT2D eigenvalue weighted by molar-refractivity contribution is 5.94. The van der Waals surface area contributed by atoms with Crippen LogP contribution in [0.1, 0.15) is 22.7 Å². The second-order valence-corrected chi connectivity index (χ2v) is 8.07. The lowest BCUT2D eigenvalue weighted by atomic mass is 9.89. The Morgan fingerprint density at radius 3 is 2.16 bits per heavy atom. The smallest absolute Gasteiger partial charge is 0.411 e. The van der Waals surface area contributed by atoms with Gasteiger partial charge in [0.05, 0.1) is 12.1 Å². The van der Waals surface area contributed by atoms with Crippen LogP contribution in [0, 0.1) is 0 Å². The second-order valence-electron chi connectivity index (χ2n) is 8.07. The molecule has 5 nitrogen and oxygen atoms in total. The van der Waals surface area contributed by atoms with Gasteiger partial charge in [0.15, 0.2) is 0 Å². The number of likely N-dealkylation sites (tertiary alicyclic amines) is 1. The molecule has 2 amide bonds. The van der Waals surface area contributed by atoms with E-state index in [1.165, 1.54) is 0 Å². The van der Waals surface area contributed by atoms with Crippen LogP contribution in [0.4, 0.5) is 4.79 Å².